The van der Waals surface area contributed by atoms with Crippen LogP contribution >= 0.6 is 23.2 Å². The number of anilines is 1. The average Bonchev–Trinajstić information content (AvgIpc) is 2.76. The molecule has 0 aliphatic carbocycles. The summed E-state index contributed by atoms with van der Waals surface area (Å²) in [5.41, 5.74) is 1.79. The highest BCUT2D eigenvalue weighted by Gasteiger charge is 2.10. The molecular weight excluding hydrogens is 427 g/mol. The molecule has 1 N–H and O–H groups in total. The highest BCUT2D eigenvalue weighted by atomic mass is 35.5. The van der Waals surface area contributed by atoms with E-state index in [4.69, 9.17) is 33.2 Å². The van der Waals surface area contributed by atoms with Gasteiger partial charge in [-0.2, -0.15) is 0 Å². The lowest BCUT2D eigenvalue weighted by atomic mass is 10.1. The van der Waals surface area contributed by atoms with Crippen LogP contribution in [-0.4, -0.2) is 40.5 Å². The van der Waals surface area contributed by atoms with E-state index in [1.165, 1.54) is 0 Å². The number of aromatic nitrogens is 2. The van der Waals surface area contributed by atoms with Crippen LogP contribution in [0.4, 0.5) is 5.82 Å². The number of hydrogen-bond acceptors (Lipinski definition) is 4. The third kappa shape index (κ3) is 6.67. The smallest absolute Gasteiger partial charge is 0.154 e. The van der Waals surface area contributed by atoms with Crippen molar-refractivity contribution < 1.29 is 0 Å². The molecule has 1 aromatic heterocycles. The van der Waals surface area contributed by atoms with E-state index in [1.54, 1.807) is 6.07 Å². The summed E-state index contributed by atoms with van der Waals surface area (Å²) < 4.78 is 0. The summed E-state index contributed by atoms with van der Waals surface area (Å²) in [6, 6.07) is 13.8. The standard InChI is InChI=1S/C25H30Cl2N4/c1-4-31(5-2)16-8-9-18(3)28-25-21-10-6-7-11-23(21)29-24(30-25)15-13-19-12-14-20(26)17-22(19)27/h6-7,10-15,17-18H,4-5,8-9,16H2,1-3H3,(H,28,29,30)/b15-13-/t18-/m1/s1. The van der Waals surface area contributed by atoms with Gasteiger partial charge in [-0.25, -0.2) is 9.97 Å². The van der Waals surface area contributed by atoms with Gasteiger partial charge >= 0.3 is 0 Å². The van der Waals surface area contributed by atoms with Crippen molar-refractivity contribution in [2.75, 3.05) is 25.0 Å². The van der Waals surface area contributed by atoms with E-state index in [2.05, 4.69) is 37.1 Å². The van der Waals surface area contributed by atoms with Gasteiger partial charge in [-0.3, -0.25) is 0 Å². The largest absolute Gasteiger partial charge is 0.367 e. The molecular formula is C25H30Cl2N4. The van der Waals surface area contributed by atoms with Gasteiger partial charge in [0.2, 0.25) is 0 Å². The fourth-order valence-corrected chi connectivity index (χ4v) is 4.02. The van der Waals surface area contributed by atoms with Crippen LogP contribution < -0.4 is 5.32 Å². The minimum atomic E-state index is 0.316. The molecule has 6 heteroatoms. The number of hydrogen-bond donors (Lipinski definition) is 1. The fourth-order valence-electron chi connectivity index (χ4n) is 3.55. The predicted octanol–water partition coefficient (Wildman–Crippen LogP) is 7.03. The summed E-state index contributed by atoms with van der Waals surface area (Å²) in [4.78, 5) is 11.9. The van der Waals surface area contributed by atoms with Crippen molar-refractivity contribution in [2.24, 2.45) is 0 Å². The Bertz CT molecular complexity index is 1030. The Labute approximate surface area is 195 Å². The Hall–Kier alpha value is -2.14. The van der Waals surface area contributed by atoms with Crippen molar-refractivity contribution in [1.29, 1.82) is 0 Å². The highest BCUT2D eigenvalue weighted by molar-refractivity contribution is 6.35. The third-order valence-electron chi connectivity index (χ3n) is 5.38. The van der Waals surface area contributed by atoms with Crippen LogP contribution in [0.5, 0.6) is 0 Å². The van der Waals surface area contributed by atoms with E-state index in [0.717, 1.165) is 54.8 Å². The molecule has 3 aromatic rings. The van der Waals surface area contributed by atoms with Gasteiger partial charge in [0.1, 0.15) is 5.82 Å². The number of para-hydroxylation sites is 1. The second kappa shape index (κ2) is 11.5. The maximum atomic E-state index is 6.29. The summed E-state index contributed by atoms with van der Waals surface area (Å²) in [6.45, 7) is 9.96. The Kier molecular flexibility index (Phi) is 8.70. The zero-order valence-corrected chi connectivity index (χ0v) is 19.9. The Morgan fingerprint density at radius 3 is 2.55 bits per heavy atom. The number of halogens is 2. The summed E-state index contributed by atoms with van der Waals surface area (Å²) in [6.07, 6.45) is 6.04. The third-order valence-corrected chi connectivity index (χ3v) is 5.95. The molecule has 0 aliphatic rings. The molecule has 0 aliphatic heterocycles. The molecule has 1 atom stereocenters. The molecule has 0 radical (unpaired) electrons. The molecule has 1 heterocycles. The summed E-state index contributed by atoms with van der Waals surface area (Å²) >= 11 is 12.3. The molecule has 0 saturated heterocycles. The molecule has 164 valence electrons. The number of fused-ring (bicyclic) bond motifs is 1. The molecule has 3 rings (SSSR count). The van der Waals surface area contributed by atoms with Crippen molar-refractivity contribution in [3.05, 3.63) is 63.9 Å². The van der Waals surface area contributed by atoms with Gasteiger partial charge in [0.15, 0.2) is 5.82 Å². The van der Waals surface area contributed by atoms with Gasteiger partial charge in [-0.15, -0.1) is 0 Å². The summed E-state index contributed by atoms with van der Waals surface area (Å²) in [5, 5.41) is 5.85. The van der Waals surface area contributed by atoms with Gasteiger partial charge in [0, 0.05) is 21.5 Å². The van der Waals surface area contributed by atoms with Crippen molar-refractivity contribution in [3.63, 3.8) is 0 Å². The van der Waals surface area contributed by atoms with E-state index < -0.39 is 0 Å². The van der Waals surface area contributed by atoms with Crippen LogP contribution in [0.2, 0.25) is 10.0 Å². The predicted molar refractivity (Wildman–Crippen MR) is 135 cm³/mol. The van der Waals surface area contributed by atoms with E-state index in [1.807, 2.05) is 42.5 Å². The number of nitrogens with one attached hydrogen (secondary N) is 1. The minimum absolute atomic E-state index is 0.316. The SMILES string of the molecule is CCN(CC)CCC[C@@H](C)Nc1nc(/C=C\c2ccc(Cl)cc2Cl)nc2ccccc12. The van der Waals surface area contributed by atoms with Gasteiger partial charge in [0.05, 0.1) is 5.52 Å². The van der Waals surface area contributed by atoms with Crippen LogP contribution in [-0.2, 0) is 0 Å². The Morgan fingerprint density at radius 2 is 1.81 bits per heavy atom. The van der Waals surface area contributed by atoms with E-state index in [-0.39, 0.29) is 0 Å². The van der Waals surface area contributed by atoms with Crippen LogP contribution in [0.15, 0.2) is 42.5 Å². The van der Waals surface area contributed by atoms with E-state index in [0.29, 0.717) is 21.9 Å². The molecule has 2 aromatic carbocycles. The van der Waals surface area contributed by atoms with Gasteiger partial charge in [0.25, 0.3) is 0 Å². The molecule has 0 bridgehead atoms. The average molecular weight is 457 g/mol. The quantitative estimate of drug-likeness (QED) is 0.355. The monoisotopic (exact) mass is 456 g/mol. The van der Waals surface area contributed by atoms with Crippen molar-refractivity contribution >= 4 is 52.1 Å². The lowest BCUT2D eigenvalue weighted by Gasteiger charge is -2.20. The number of benzene rings is 2. The van der Waals surface area contributed by atoms with Crippen molar-refractivity contribution in [2.45, 2.75) is 39.7 Å². The van der Waals surface area contributed by atoms with Crippen molar-refractivity contribution in [3.8, 4) is 0 Å². The molecule has 31 heavy (non-hydrogen) atoms. The maximum absolute atomic E-state index is 6.29. The van der Waals surface area contributed by atoms with Gasteiger partial charge in [-0.1, -0.05) is 55.2 Å². The summed E-state index contributed by atoms with van der Waals surface area (Å²) in [7, 11) is 0. The van der Waals surface area contributed by atoms with Crippen LogP contribution in [0.1, 0.15) is 45.0 Å². The topological polar surface area (TPSA) is 41.0 Å². The fraction of sp³-hybridized carbons (Fsp3) is 0.360. The van der Waals surface area contributed by atoms with E-state index in [9.17, 15) is 0 Å². The van der Waals surface area contributed by atoms with Crippen LogP contribution in [0, 0.1) is 0 Å². The Morgan fingerprint density at radius 1 is 1.03 bits per heavy atom. The molecule has 0 saturated carbocycles. The Balaban J connectivity index is 1.78. The molecule has 0 fully saturated rings. The van der Waals surface area contributed by atoms with Gasteiger partial charge < -0.3 is 10.2 Å². The first-order valence-corrected chi connectivity index (χ1v) is 11.6. The van der Waals surface area contributed by atoms with Crippen LogP contribution in [0.25, 0.3) is 23.1 Å². The first kappa shape index (κ1) is 23.5. The zero-order valence-electron chi connectivity index (χ0n) is 18.4. The zero-order chi connectivity index (χ0) is 22.2. The second-order valence-corrected chi connectivity index (χ2v) is 8.50. The van der Waals surface area contributed by atoms with E-state index >= 15 is 0 Å². The second-order valence-electron chi connectivity index (χ2n) is 7.66. The van der Waals surface area contributed by atoms with Crippen molar-refractivity contribution in [1.82, 2.24) is 14.9 Å². The first-order valence-electron chi connectivity index (χ1n) is 10.9. The normalized spacial score (nSPS) is 12.7. The van der Waals surface area contributed by atoms with Gasteiger partial charge in [-0.05, 0) is 81.4 Å². The minimum Gasteiger partial charge on any atom is -0.367 e. The highest BCUT2D eigenvalue weighted by Crippen LogP contribution is 2.25. The lowest BCUT2D eigenvalue weighted by Crippen LogP contribution is -2.25. The molecule has 0 spiro atoms. The number of nitrogens with zero attached hydrogens (tertiary/aromatic N) is 3. The molecule has 0 unspecified atom stereocenters. The lowest BCUT2D eigenvalue weighted by molar-refractivity contribution is 0.295. The van der Waals surface area contributed by atoms with Crippen LogP contribution in [0.3, 0.4) is 0 Å². The maximum Gasteiger partial charge on any atom is 0.154 e. The first-order chi connectivity index (χ1) is 15.0. The molecule has 4 nitrogen and oxygen atoms in total. The summed E-state index contributed by atoms with van der Waals surface area (Å²) in [5.74, 6) is 1.50. The molecule has 0 amide bonds. The number of rotatable bonds is 10.